The quantitative estimate of drug-likeness (QED) is 0.130. The molecular weight excluding hydrogens is 582 g/mol. The number of nitrogens with one attached hydrogen (secondary N) is 2. The zero-order valence-electron chi connectivity index (χ0n) is 21.7. The summed E-state index contributed by atoms with van der Waals surface area (Å²) >= 11 is 14.2. The Bertz CT molecular complexity index is 1680. The van der Waals surface area contributed by atoms with Gasteiger partial charge in [0.1, 0.15) is 12.4 Å². The molecule has 0 saturated heterocycles. The number of aryl methyl sites for hydroxylation is 1. The second-order valence-corrected chi connectivity index (χ2v) is 10.7. The summed E-state index contributed by atoms with van der Waals surface area (Å²) in [6.45, 7) is 2.02. The zero-order valence-corrected chi connectivity index (χ0v) is 24.0. The average Bonchev–Trinajstić information content (AvgIpc) is 3.43. The molecule has 0 atom stereocenters. The number of carbonyl (C=O) groups is 1. The van der Waals surface area contributed by atoms with E-state index in [9.17, 15) is 9.18 Å². The molecule has 5 aromatic rings. The highest BCUT2D eigenvalue weighted by molar-refractivity contribution is 7.14. The van der Waals surface area contributed by atoms with Gasteiger partial charge in [-0.3, -0.25) is 4.79 Å². The van der Waals surface area contributed by atoms with Crippen molar-refractivity contribution >= 4 is 57.5 Å². The van der Waals surface area contributed by atoms with Crippen LogP contribution in [-0.2, 0) is 6.61 Å². The monoisotopic (exact) mass is 604 g/mol. The first-order valence-corrected chi connectivity index (χ1v) is 14.1. The molecule has 0 aliphatic carbocycles. The van der Waals surface area contributed by atoms with Crippen molar-refractivity contribution in [1.29, 1.82) is 0 Å². The topological polar surface area (TPSA) is 75.6 Å². The first-order valence-electron chi connectivity index (χ1n) is 12.4. The predicted octanol–water partition coefficient (Wildman–Crippen LogP) is 8.65. The van der Waals surface area contributed by atoms with E-state index in [1.165, 1.54) is 29.2 Å². The lowest BCUT2D eigenvalue weighted by Gasteiger charge is -2.11. The lowest BCUT2D eigenvalue weighted by molar-refractivity contribution is 0.0955. The van der Waals surface area contributed by atoms with E-state index in [-0.39, 0.29) is 34.1 Å². The van der Waals surface area contributed by atoms with Gasteiger partial charge in [0, 0.05) is 27.8 Å². The smallest absolute Gasteiger partial charge is 0.271 e. The molecule has 0 saturated carbocycles. The van der Waals surface area contributed by atoms with Crippen molar-refractivity contribution in [3.63, 3.8) is 0 Å². The van der Waals surface area contributed by atoms with E-state index < -0.39 is 0 Å². The predicted molar refractivity (Wildman–Crippen MR) is 164 cm³/mol. The number of benzene rings is 4. The number of aromatic nitrogens is 1. The number of amides is 1. The highest BCUT2D eigenvalue weighted by Gasteiger charge is 2.12. The second-order valence-electron chi connectivity index (χ2n) is 9.00. The van der Waals surface area contributed by atoms with Crippen LogP contribution in [0.15, 0.2) is 95.4 Å². The van der Waals surface area contributed by atoms with Crippen LogP contribution in [0.3, 0.4) is 0 Å². The molecule has 0 fully saturated rings. The summed E-state index contributed by atoms with van der Waals surface area (Å²) in [7, 11) is 0. The Kier molecular flexibility index (Phi) is 8.94. The SMILES string of the molecule is Cc1ccc(Nc2nc(-c3ccc(C(=O)N/N=C\c4cc(Cl)c(OCc5ccccc5F)c(Cl)c4)cc3)cs2)cc1. The van der Waals surface area contributed by atoms with Gasteiger partial charge in [0.05, 0.1) is 22.0 Å². The molecule has 6 nitrogen and oxygen atoms in total. The normalized spacial score (nSPS) is 11.0. The van der Waals surface area contributed by atoms with E-state index in [2.05, 4.69) is 20.8 Å². The molecule has 5 rings (SSSR count). The maximum Gasteiger partial charge on any atom is 0.271 e. The van der Waals surface area contributed by atoms with E-state index in [0.717, 1.165) is 22.1 Å². The van der Waals surface area contributed by atoms with Gasteiger partial charge < -0.3 is 10.1 Å². The highest BCUT2D eigenvalue weighted by Crippen LogP contribution is 2.34. The van der Waals surface area contributed by atoms with E-state index in [0.29, 0.717) is 16.7 Å². The van der Waals surface area contributed by atoms with Crippen LogP contribution in [0, 0.1) is 12.7 Å². The summed E-state index contributed by atoms with van der Waals surface area (Å²) in [5, 5.41) is 10.5. The molecule has 1 aromatic heterocycles. The van der Waals surface area contributed by atoms with Crippen LogP contribution in [0.4, 0.5) is 15.2 Å². The molecule has 1 heterocycles. The fraction of sp³-hybridized carbons (Fsp3) is 0.0645. The average molecular weight is 606 g/mol. The van der Waals surface area contributed by atoms with Crippen molar-refractivity contribution < 1.29 is 13.9 Å². The molecule has 0 aliphatic rings. The van der Waals surface area contributed by atoms with Crippen LogP contribution in [0.5, 0.6) is 5.75 Å². The van der Waals surface area contributed by atoms with Crippen molar-refractivity contribution in [3.8, 4) is 17.0 Å². The molecule has 0 unspecified atom stereocenters. The fourth-order valence-corrected chi connectivity index (χ4v) is 5.16. The highest BCUT2D eigenvalue weighted by atomic mass is 35.5. The number of nitrogens with zero attached hydrogens (tertiary/aromatic N) is 2. The number of hydrogen-bond donors (Lipinski definition) is 2. The Morgan fingerprint density at radius 1 is 1.02 bits per heavy atom. The van der Waals surface area contributed by atoms with Crippen molar-refractivity contribution in [2.24, 2.45) is 5.10 Å². The van der Waals surface area contributed by atoms with Crippen molar-refractivity contribution in [2.45, 2.75) is 13.5 Å². The van der Waals surface area contributed by atoms with Crippen LogP contribution < -0.4 is 15.5 Å². The van der Waals surface area contributed by atoms with Crippen molar-refractivity contribution in [3.05, 3.63) is 128 Å². The molecule has 0 aliphatic heterocycles. The summed E-state index contributed by atoms with van der Waals surface area (Å²) < 4.78 is 19.5. The summed E-state index contributed by atoms with van der Waals surface area (Å²) in [5.74, 6) is -0.525. The first kappa shape index (κ1) is 28.3. The van der Waals surface area contributed by atoms with Crippen LogP contribution >= 0.6 is 34.5 Å². The van der Waals surface area contributed by atoms with Gasteiger partial charge in [0.15, 0.2) is 10.9 Å². The molecular formula is C31H23Cl2FN4O2S. The maximum atomic E-state index is 13.9. The minimum atomic E-state index is -0.380. The Morgan fingerprint density at radius 2 is 1.73 bits per heavy atom. The van der Waals surface area contributed by atoms with Crippen LogP contribution in [0.1, 0.15) is 27.0 Å². The Balaban J connectivity index is 1.17. The lowest BCUT2D eigenvalue weighted by Crippen LogP contribution is -2.17. The second kappa shape index (κ2) is 13.0. The molecule has 0 bridgehead atoms. The van der Waals surface area contributed by atoms with Crippen molar-refractivity contribution in [2.75, 3.05) is 5.32 Å². The lowest BCUT2D eigenvalue weighted by atomic mass is 10.1. The third kappa shape index (κ3) is 7.29. The Labute approximate surface area is 250 Å². The third-order valence-electron chi connectivity index (χ3n) is 5.98. The van der Waals surface area contributed by atoms with Gasteiger partial charge in [0.25, 0.3) is 5.91 Å². The van der Waals surface area contributed by atoms with Crippen LogP contribution in [-0.4, -0.2) is 17.1 Å². The number of halogens is 3. The largest absolute Gasteiger partial charge is 0.486 e. The molecule has 0 spiro atoms. The number of ether oxygens (including phenoxy) is 1. The van der Waals surface area contributed by atoms with E-state index in [1.807, 2.05) is 48.7 Å². The molecule has 4 aromatic carbocycles. The molecule has 0 radical (unpaired) electrons. The molecule has 1 amide bonds. The number of thiazole rings is 1. The van der Waals surface area contributed by atoms with Crippen molar-refractivity contribution in [1.82, 2.24) is 10.4 Å². The molecule has 206 valence electrons. The minimum Gasteiger partial charge on any atom is -0.486 e. The number of anilines is 2. The van der Waals surface area contributed by atoms with E-state index in [1.54, 1.807) is 42.5 Å². The standard InChI is InChI=1S/C31H23Cl2FN4O2S/c1-19-6-12-24(13-7-19)36-31-37-28(18-41-31)21-8-10-22(11-9-21)30(39)38-35-16-20-14-25(32)29(26(33)15-20)40-17-23-4-2-3-5-27(23)34/h2-16,18H,17H2,1H3,(H,36,37)(H,38,39)/b35-16-. The summed E-state index contributed by atoms with van der Waals surface area (Å²) in [5.41, 5.74) is 7.72. The first-order chi connectivity index (χ1) is 19.9. The Hall–Kier alpha value is -4.24. The minimum absolute atomic E-state index is 0.0254. The zero-order chi connectivity index (χ0) is 28.8. The van der Waals surface area contributed by atoms with Gasteiger partial charge in [-0.25, -0.2) is 14.8 Å². The van der Waals surface area contributed by atoms with Crippen LogP contribution in [0.2, 0.25) is 10.0 Å². The third-order valence-corrected chi connectivity index (χ3v) is 7.30. The summed E-state index contributed by atoms with van der Waals surface area (Å²) in [4.78, 5) is 17.2. The van der Waals surface area contributed by atoms with Gasteiger partial charge in [0.2, 0.25) is 0 Å². The molecule has 41 heavy (non-hydrogen) atoms. The fourth-order valence-electron chi connectivity index (χ4n) is 3.80. The van der Waals surface area contributed by atoms with Gasteiger partial charge in [-0.2, -0.15) is 5.10 Å². The number of carbonyl (C=O) groups excluding carboxylic acids is 1. The van der Waals surface area contributed by atoms with E-state index >= 15 is 0 Å². The molecule has 10 heteroatoms. The number of hydrazone groups is 1. The van der Waals surface area contributed by atoms with E-state index in [4.69, 9.17) is 27.9 Å². The maximum absolute atomic E-state index is 13.9. The number of hydrogen-bond acceptors (Lipinski definition) is 6. The Morgan fingerprint density at radius 3 is 2.44 bits per heavy atom. The van der Waals surface area contributed by atoms with Gasteiger partial charge in [-0.05, 0) is 55.0 Å². The number of rotatable bonds is 9. The van der Waals surface area contributed by atoms with Crippen LogP contribution in [0.25, 0.3) is 11.3 Å². The summed E-state index contributed by atoms with van der Waals surface area (Å²) in [6.07, 6.45) is 1.42. The van der Waals surface area contributed by atoms with Gasteiger partial charge in [-0.15, -0.1) is 11.3 Å². The van der Waals surface area contributed by atoms with Gasteiger partial charge in [-0.1, -0.05) is 71.2 Å². The summed E-state index contributed by atoms with van der Waals surface area (Å²) in [6, 6.07) is 24.7. The molecule has 2 N–H and O–H groups in total. The van der Waals surface area contributed by atoms with Gasteiger partial charge >= 0.3 is 0 Å².